The fourth-order valence-corrected chi connectivity index (χ4v) is 2.42. The highest BCUT2D eigenvalue weighted by atomic mass is 16.5. The normalized spacial score (nSPS) is 16.6. The first-order chi connectivity index (χ1) is 9.65. The van der Waals surface area contributed by atoms with Crippen molar-refractivity contribution in [2.24, 2.45) is 5.92 Å². The number of ether oxygens (including phenoxy) is 1. The van der Waals surface area contributed by atoms with Gasteiger partial charge in [0.25, 0.3) is 0 Å². The van der Waals surface area contributed by atoms with Crippen LogP contribution in [0.2, 0.25) is 0 Å². The Labute approximate surface area is 123 Å². The van der Waals surface area contributed by atoms with Crippen molar-refractivity contribution in [3.8, 4) is 0 Å². The molecule has 0 bridgehead atoms. The van der Waals surface area contributed by atoms with Gasteiger partial charge in [-0.25, -0.2) is 0 Å². The van der Waals surface area contributed by atoms with Crippen LogP contribution in [-0.2, 0) is 4.74 Å². The van der Waals surface area contributed by atoms with Crippen LogP contribution in [0.5, 0.6) is 0 Å². The van der Waals surface area contributed by atoms with Gasteiger partial charge in [-0.15, -0.1) is 0 Å². The zero-order valence-corrected chi connectivity index (χ0v) is 13.2. The first kappa shape index (κ1) is 15.5. The number of hydrogen-bond donors (Lipinski definition) is 1. The Kier molecular flexibility index (Phi) is 6.06. The lowest BCUT2D eigenvalue weighted by Gasteiger charge is -2.20. The van der Waals surface area contributed by atoms with E-state index in [1.54, 1.807) is 0 Å². The van der Waals surface area contributed by atoms with E-state index in [1.165, 1.54) is 30.4 Å². The molecule has 0 heterocycles. The molecule has 0 spiro atoms. The molecule has 1 aliphatic rings. The SMILES string of the molecule is Cc1cccc(C(CNC2CC2)OCCCC(C)C)c1. The highest BCUT2D eigenvalue weighted by Gasteiger charge is 2.22. The standard InChI is InChI=1S/C18H29NO/c1-14(2)6-5-11-20-18(13-19-17-9-10-17)16-8-4-7-15(3)12-16/h4,7-8,12,14,17-19H,5-6,9-11,13H2,1-3H3. The zero-order valence-electron chi connectivity index (χ0n) is 13.2. The van der Waals surface area contributed by atoms with E-state index in [2.05, 4.69) is 50.4 Å². The number of nitrogens with one attached hydrogen (secondary N) is 1. The lowest BCUT2D eigenvalue weighted by molar-refractivity contribution is 0.0484. The van der Waals surface area contributed by atoms with E-state index in [1.807, 2.05) is 0 Å². The van der Waals surface area contributed by atoms with Crippen molar-refractivity contribution in [3.05, 3.63) is 35.4 Å². The zero-order chi connectivity index (χ0) is 14.4. The first-order valence-corrected chi connectivity index (χ1v) is 8.06. The maximum absolute atomic E-state index is 6.15. The minimum Gasteiger partial charge on any atom is -0.372 e. The first-order valence-electron chi connectivity index (χ1n) is 8.06. The molecule has 2 rings (SSSR count). The van der Waals surface area contributed by atoms with Gasteiger partial charge in [0, 0.05) is 19.2 Å². The molecule has 2 heteroatoms. The van der Waals surface area contributed by atoms with Crippen LogP contribution in [-0.4, -0.2) is 19.2 Å². The van der Waals surface area contributed by atoms with E-state index in [0.29, 0.717) is 0 Å². The van der Waals surface area contributed by atoms with Gasteiger partial charge in [0.15, 0.2) is 0 Å². The molecule has 0 saturated heterocycles. The number of aryl methyl sites for hydroxylation is 1. The Morgan fingerprint density at radius 2 is 2.10 bits per heavy atom. The lowest BCUT2D eigenvalue weighted by Crippen LogP contribution is -2.25. The number of rotatable bonds is 9. The monoisotopic (exact) mass is 275 g/mol. The van der Waals surface area contributed by atoms with Crippen molar-refractivity contribution in [2.45, 2.75) is 58.6 Å². The predicted octanol–water partition coefficient (Wildman–Crippen LogP) is 4.24. The summed E-state index contributed by atoms with van der Waals surface area (Å²) >= 11 is 0. The van der Waals surface area contributed by atoms with Gasteiger partial charge in [-0.1, -0.05) is 43.7 Å². The van der Waals surface area contributed by atoms with Gasteiger partial charge < -0.3 is 10.1 Å². The summed E-state index contributed by atoms with van der Waals surface area (Å²) in [5.41, 5.74) is 2.62. The molecule has 0 amide bonds. The fraction of sp³-hybridized carbons (Fsp3) is 0.667. The van der Waals surface area contributed by atoms with E-state index in [9.17, 15) is 0 Å². The van der Waals surface area contributed by atoms with E-state index in [-0.39, 0.29) is 6.10 Å². The van der Waals surface area contributed by atoms with E-state index in [0.717, 1.165) is 31.5 Å². The minimum absolute atomic E-state index is 0.197. The third-order valence-electron chi connectivity index (χ3n) is 3.83. The van der Waals surface area contributed by atoms with Crippen molar-refractivity contribution in [1.82, 2.24) is 5.32 Å². The summed E-state index contributed by atoms with van der Waals surface area (Å²) in [5.74, 6) is 0.764. The Bertz CT molecular complexity index is 398. The van der Waals surface area contributed by atoms with Gasteiger partial charge in [0.2, 0.25) is 0 Å². The van der Waals surface area contributed by atoms with Gasteiger partial charge >= 0.3 is 0 Å². The largest absolute Gasteiger partial charge is 0.372 e. The van der Waals surface area contributed by atoms with E-state index < -0.39 is 0 Å². The molecule has 112 valence electrons. The highest BCUT2D eigenvalue weighted by molar-refractivity contribution is 5.24. The van der Waals surface area contributed by atoms with Crippen molar-refractivity contribution in [3.63, 3.8) is 0 Å². The Balaban J connectivity index is 1.85. The molecule has 1 aliphatic carbocycles. The molecular formula is C18H29NO. The Morgan fingerprint density at radius 3 is 2.75 bits per heavy atom. The number of hydrogen-bond acceptors (Lipinski definition) is 2. The quantitative estimate of drug-likeness (QED) is 0.681. The second-order valence-corrected chi connectivity index (χ2v) is 6.49. The molecule has 1 saturated carbocycles. The average Bonchev–Trinajstić information content (AvgIpc) is 3.21. The summed E-state index contributed by atoms with van der Waals surface area (Å²) < 4.78 is 6.15. The fourth-order valence-electron chi connectivity index (χ4n) is 2.42. The molecule has 1 N–H and O–H groups in total. The van der Waals surface area contributed by atoms with E-state index in [4.69, 9.17) is 4.74 Å². The molecule has 1 aromatic rings. The van der Waals surface area contributed by atoms with Crippen LogP contribution in [0.3, 0.4) is 0 Å². The van der Waals surface area contributed by atoms with E-state index >= 15 is 0 Å². The molecule has 1 aromatic carbocycles. The molecule has 1 fully saturated rings. The van der Waals surface area contributed by atoms with Gasteiger partial charge in [-0.2, -0.15) is 0 Å². The summed E-state index contributed by atoms with van der Waals surface area (Å²) in [5, 5.41) is 3.60. The molecule has 0 radical (unpaired) electrons. The third-order valence-corrected chi connectivity index (χ3v) is 3.83. The molecule has 0 aliphatic heterocycles. The second kappa shape index (κ2) is 7.80. The Morgan fingerprint density at radius 1 is 1.30 bits per heavy atom. The molecule has 1 unspecified atom stereocenters. The molecule has 0 aromatic heterocycles. The van der Waals surface area contributed by atoms with Crippen LogP contribution in [0.4, 0.5) is 0 Å². The van der Waals surface area contributed by atoms with Crippen LogP contribution in [0.1, 0.15) is 56.8 Å². The van der Waals surface area contributed by atoms with Crippen LogP contribution in [0, 0.1) is 12.8 Å². The van der Waals surface area contributed by atoms with Crippen LogP contribution in [0.15, 0.2) is 24.3 Å². The highest BCUT2D eigenvalue weighted by Crippen LogP contribution is 2.23. The second-order valence-electron chi connectivity index (χ2n) is 6.49. The van der Waals surface area contributed by atoms with Crippen LogP contribution < -0.4 is 5.32 Å². The summed E-state index contributed by atoms with van der Waals surface area (Å²) in [4.78, 5) is 0. The minimum atomic E-state index is 0.197. The lowest BCUT2D eigenvalue weighted by atomic mass is 10.1. The summed E-state index contributed by atoms with van der Waals surface area (Å²) in [6.45, 7) is 8.49. The van der Waals surface area contributed by atoms with Crippen molar-refractivity contribution < 1.29 is 4.74 Å². The van der Waals surface area contributed by atoms with Crippen LogP contribution in [0.25, 0.3) is 0 Å². The van der Waals surface area contributed by atoms with Gasteiger partial charge in [-0.3, -0.25) is 0 Å². The summed E-state index contributed by atoms with van der Waals surface area (Å²) in [6, 6.07) is 9.46. The maximum atomic E-state index is 6.15. The van der Waals surface area contributed by atoms with Gasteiger partial charge in [0.05, 0.1) is 6.10 Å². The molecule has 20 heavy (non-hydrogen) atoms. The van der Waals surface area contributed by atoms with Crippen LogP contribution >= 0.6 is 0 Å². The van der Waals surface area contributed by atoms with Crippen molar-refractivity contribution in [2.75, 3.05) is 13.2 Å². The maximum Gasteiger partial charge on any atom is 0.0949 e. The van der Waals surface area contributed by atoms with Crippen molar-refractivity contribution in [1.29, 1.82) is 0 Å². The average molecular weight is 275 g/mol. The van der Waals surface area contributed by atoms with Gasteiger partial charge in [-0.05, 0) is 44.1 Å². The van der Waals surface area contributed by atoms with Crippen molar-refractivity contribution >= 4 is 0 Å². The molecular weight excluding hydrogens is 246 g/mol. The molecule has 2 nitrogen and oxygen atoms in total. The predicted molar refractivity (Wildman–Crippen MR) is 85.0 cm³/mol. The summed E-state index contributed by atoms with van der Waals surface area (Å²) in [6.07, 6.45) is 5.25. The smallest absolute Gasteiger partial charge is 0.0949 e. The third kappa shape index (κ3) is 5.64. The summed E-state index contributed by atoms with van der Waals surface area (Å²) in [7, 11) is 0. The number of benzene rings is 1. The molecule has 1 atom stereocenters. The van der Waals surface area contributed by atoms with Gasteiger partial charge in [0.1, 0.15) is 0 Å². The Hall–Kier alpha value is -0.860. The topological polar surface area (TPSA) is 21.3 Å².